The van der Waals surface area contributed by atoms with Crippen LogP contribution < -0.4 is 0 Å². The lowest BCUT2D eigenvalue weighted by molar-refractivity contribution is 0.604. The normalized spacial score (nSPS) is 10.9. The van der Waals surface area contributed by atoms with Crippen LogP contribution in [0.4, 0.5) is 0 Å². The van der Waals surface area contributed by atoms with E-state index in [2.05, 4.69) is 23.6 Å². The summed E-state index contributed by atoms with van der Waals surface area (Å²) in [6, 6.07) is 12.0. The van der Waals surface area contributed by atoms with Crippen LogP contribution >= 0.6 is 45.3 Å². The summed E-state index contributed by atoms with van der Waals surface area (Å²) in [6.07, 6.45) is 8.00. The number of aryl methyl sites for hydroxylation is 1. The van der Waals surface area contributed by atoms with Crippen LogP contribution in [0, 0.1) is 45.3 Å². The van der Waals surface area contributed by atoms with Gasteiger partial charge in [-0.1, -0.05) is 26.2 Å². The van der Waals surface area contributed by atoms with E-state index in [1.165, 1.54) is 58.5 Å². The van der Waals surface area contributed by atoms with Gasteiger partial charge in [0.05, 0.1) is 29.8 Å². The third-order valence-electron chi connectivity index (χ3n) is 5.75. The van der Waals surface area contributed by atoms with Crippen LogP contribution in [0.5, 0.6) is 0 Å². The summed E-state index contributed by atoms with van der Waals surface area (Å²) in [5, 5.41) is 36.6. The molecular weight excluding hydrogens is 511 g/mol. The van der Waals surface area contributed by atoms with E-state index in [1.807, 2.05) is 24.3 Å². The van der Waals surface area contributed by atoms with Crippen molar-refractivity contribution in [3.63, 3.8) is 0 Å². The Hall–Kier alpha value is -3.44. The molecule has 9 heteroatoms. The molecule has 0 saturated heterocycles. The molecule has 0 amide bonds. The van der Waals surface area contributed by atoms with Gasteiger partial charge in [0.25, 0.3) is 0 Å². The predicted molar refractivity (Wildman–Crippen MR) is 149 cm³/mol. The number of unbranched alkanes of at least 4 members (excludes halogenated alkanes) is 3. The number of hydrogen-bond donors (Lipinski definition) is 0. The molecule has 0 bridgehead atoms. The first-order valence-corrected chi connectivity index (χ1v) is 14.3. The van der Waals surface area contributed by atoms with Gasteiger partial charge in [0.2, 0.25) is 0 Å². The molecule has 0 aliphatic carbocycles. The maximum atomic E-state index is 9.15. The van der Waals surface area contributed by atoms with Crippen molar-refractivity contribution in [1.82, 2.24) is 4.57 Å². The molecule has 0 spiro atoms. The molecule has 5 nitrogen and oxygen atoms in total. The van der Waals surface area contributed by atoms with Crippen LogP contribution in [-0.2, 0) is 6.54 Å². The molecule has 0 N–H and O–H groups in total. The molecule has 35 heavy (non-hydrogen) atoms. The van der Waals surface area contributed by atoms with Gasteiger partial charge in [0, 0.05) is 25.7 Å². The van der Waals surface area contributed by atoms with E-state index in [4.69, 9.17) is 21.0 Å². The fraction of sp³-hybridized carbons (Fsp3) is 0.231. The highest BCUT2D eigenvalue weighted by atomic mass is 32.1. The van der Waals surface area contributed by atoms with E-state index < -0.39 is 0 Å². The quantitative estimate of drug-likeness (QED) is 0.156. The predicted octanol–water partition coefficient (Wildman–Crippen LogP) is 8.79. The number of aromatic nitrogens is 1. The fourth-order valence-corrected chi connectivity index (χ4v) is 9.56. The number of hydrogen-bond acceptors (Lipinski definition) is 8. The van der Waals surface area contributed by atoms with E-state index in [-0.39, 0.29) is 11.1 Å². The van der Waals surface area contributed by atoms with Gasteiger partial charge in [-0.3, -0.25) is 0 Å². The summed E-state index contributed by atoms with van der Waals surface area (Å²) in [6.45, 7) is 3.14. The zero-order valence-electron chi connectivity index (χ0n) is 18.7. The summed E-state index contributed by atoms with van der Waals surface area (Å²) >= 11 is 6.80. The monoisotopic (exact) mass is 527 g/mol. The van der Waals surface area contributed by atoms with E-state index in [0.29, 0.717) is 0 Å². The Morgan fingerprint density at radius 3 is 1.63 bits per heavy atom. The lowest BCUT2D eigenvalue weighted by Crippen LogP contribution is -1.96. The van der Waals surface area contributed by atoms with Crippen molar-refractivity contribution in [3.8, 4) is 24.3 Å². The van der Waals surface area contributed by atoms with Crippen molar-refractivity contribution in [2.75, 3.05) is 0 Å². The third kappa shape index (κ3) is 4.04. The summed E-state index contributed by atoms with van der Waals surface area (Å²) < 4.78 is 9.79. The summed E-state index contributed by atoms with van der Waals surface area (Å²) in [7, 11) is 0. The van der Waals surface area contributed by atoms with Crippen molar-refractivity contribution >= 4 is 96.7 Å². The Labute approximate surface area is 217 Å². The molecule has 0 atom stereocenters. The summed E-state index contributed by atoms with van der Waals surface area (Å²) in [4.78, 5) is 1.84. The SMILES string of the molecule is CCCCCCn1c2c3sc(C=C(C#N)C#N)cc3sc2c2sc3cc(C=C(C#N)C#N)sc3c21. The van der Waals surface area contributed by atoms with Gasteiger partial charge >= 0.3 is 0 Å². The number of nitrogens with zero attached hydrogens (tertiary/aromatic N) is 5. The third-order valence-corrected chi connectivity index (χ3v) is 10.6. The standard InChI is InChI=1S/C26H17N5S4/c1-2-3-4-5-6-31-21-23-19(9-17(32-23)7-15(11-27)12-28)34-25(21)26-22(31)24-20(35-26)10-18(33-24)8-16(13-29)14-30/h7-10H,2-6H2,1H3. The number of allylic oxidation sites excluding steroid dienone is 2. The van der Waals surface area contributed by atoms with E-state index in [1.54, 1.807) is 57.5 Å². The number of fused-ring (bicyclic) bond motifs is 7. The van der Waals surface area contributed by atoms with Crippen LogP contribution in [0.15, 0.2) is 23.3 Å². The molecule has 0 unspecified atom stereocenters. The first-order valence-electron chi connectivity index (χ1n) is 11.1. The molecule has 0 aromatic carbocycles. The van der Waals surface area contributed by atoms with Crippen molar-refractivity contribution in [3.05, 3.63) is 33.0 Å². The molecule has 5 aromatic rings. The zero-order chi connectivity index (χ0) is 24.5. The molecule has 0 aliphatic rings. The van der Waals surface area contributed by atoms with Crippen LogP contribution in [0.2, 0.25) is 0 Å². The fourth-order valence-electron chi connectivity index (χ4n) is 4.23. The van der Waals surface area contributed by atoms with Crippen LogP contribution in [-0.4, -0.2) is 4.57 Å². The molecule has 170 valence electrons. The lowest BCUT2D eigenvalue weighted by atomic mass is 10.2. The molecule has 0 radical (unpaired) electrons. The van der Waals surface area contributed by atoms with Gasteiger partial charge in [-0.15, -0.1) is 45.3 Å². The highest BCUT2D eigenvalue weighted by molar-refractivity contribution is 7.38. The maximum absolute atomic E-state index is 9.15. The largest absolute Gasteiger partial charge is 0.337 e. The first-order chi connectivity index (χ1) is 17.1. The molecule has 5 aromatic heterocycles. The van der Waals surface area contributed by atoms with Gasteiger partial charge in [-0.05, 0) is 30.7 Å². The van der Waals surface area contributed by atoms with Crippen molar-refractivity contribution < 1.29 is 0 Å². The Morgan fingerprint density at radius 1 is 0.714 bits per heavy atom. The zero-order valence-corrected chi connectivity index (χ0v) is 22.0. The number of nitriles is 4. The van der Waals surface area contributed by atoms with Crippen LogP contribution in [0.3, 0.4) is 0 Å². The Morgan fingerprint density at radius 2 is 1.20 bits per heavy atom. The topological polar surface area (TPSA) is 100 Å². The smallest absolute Gasteiger partial charge is 0.131 e. The summed E-state index contributed by atoms with van der Waals surface area (Å²) in [5.74, 6) is 0. The Balaban J connectivity index is 1.73. The van der Waals surface area contributed by atoms with Gasteiger partial charge in [-0.2, -0.15) is 21.0 Å². The molecule has 5 heterocycles. The lowest BCUT2D eigenvalue weighted by Gasteiger charge is -2.06. The Kier molecular flexibility index (Phi) is 6.44. The van der Waals surface area contributed by atoms with E-state index in [9.17, 15) is 0 Å². The Bertz CT molecular complexity index is 1680. The van der Waals surface area contributed by atoms with Gasteiger partial charge in [-0.25, -0.2) is 0 Å². The first kappa shape index (κ1) is 23.3. The van der Waals surface area contributed by atoms with Gasteiger partial charge in [0.1, 0.15) is 35.4 Å². The second-order valence-corrected chi connectivity index (χ2v) is 12.3. The molecule has 0 saturated carbocycles. The van der Waals surface area contributed by atoms with Crippen molar-refractivity contribution in [2.24, 2.45) is 0 Å². The van der Waals surface area contributed by atoms with Crippen molar-refractivity contribution in [1.29, 1.82) is 21.0 Å². The molecule has 0 fully saturated rings. The minimum absolute atomic E-state index is 0.112. The second kappa shape index (κ2) is 9.67. The number of rotatable bonds is 7. The highest BCUT2D eigenvalue weighted by Gasteiger charge is 2.23. The van der Waals surface area contributed by atoms with Crippen LogP contribution in [0.25, 0.3) is 51.4 Å². The molecule has 0 aliphatic heterocycles. The summed E-state index contributed by atoms with van der Waals surface area (Å²) in [5.41, 5.74) is 2.71. The van der Waals surface area contributed by atoms with Crippen LogP contribution in [0.1, 0.15) is 42.4 Å². The van der Waals surface area contributed by atoms with E-state index >= 15 is 0 Å². The minimum atomic E-state index is 0.112. The second-order valence-electron chi connectivity index (χ2n) is 8.02. The maximum Gasteiger partial charge on any atom is 0.131 e. The molecule has 5 rings (SSSR count). The molecular formula is C26H17N5S4. The number of thiophene rings is 4. The van der Waals surface area contributed by atoms with E-state index in [0.717, 1.165) is 22.7 Å². The average molecular weight is 528 g/mol. The minimum Gasteiger partial charge on any atom is -0.337 e. The van der Waals surface area contributed by atoms with Gasteiger partial charge in [0.15, 0.2) is 0 Å². The average Bonchev–Trinajstić information content (AvgIpc) is 3.63. The van der Waals surface area contributed by atoms with Gasteiger partial charge < -0.3 is 4.57 Å². The van der Waals surface area contributed by atoms with Crippen molar-refractivity contribution in [2.45, 2.75) is 39.2 Å². The highest BCUT2D eigenvalue weighted by Crippen LogP contribution is 2.51.